The van der Waals surface area contributed by atoms with Crippen LogP contribution in [0.1, 0.15) is 32.2 Å². The molecule has 1 N–H and O–H groups in total. The number of rotatable bonds is 2. The fourth-order valence-electron chi connectivity index (χ4n) is 3.21. The molecule has 5 nitrogen and oxygen atoms in total. The van der Waals surface area contributed by atoms with Crippen molar-refractivity contribution in [2.75, 3.05) is 18.9 Å². The monoisotopic (exact) mass is 335 g/mol. The Morgan fingerprint density at radius 1 is 1.32 bits per heavy atom. The maximum Gasteiger partial charge on any atom is 0.234 e. The van der Waals surface area contributed by atoms with E-state index in [1.165, 1.54) is 5.70 Å². The number of carbonyl (C=O) groups excluding carboxylic acids is 1. The Morgan fingerprint density at radius 2 is 2.12 bits per heavy atom. The van der Waals surface area contributed by atoms with Gasteiger partial charge in [-0.25, -0.2) is 4.98 Å². The first kappa shape index (κ1) is 15.7. The van der Waals surface area contributed by atoms with Crippen LogP contribution in [0.3, 0.4) is 0 Å². The molecule has 0 aliphatic carbocycles. The highest BCUT2D eigenvalue weighted by atomic mass is 16.4. The summed E-state index contributed by atoms with van der Waals surface area (Å²) in [5.41, 5.74) is 4.45. The minimum Gasteiger partial charge on any atom is -0.436 e. The number of likely N-dealkylation sites (N-methyl/N-ethyl adjacent to an activating group) is 1. The van der Waals surface area contributed by atoms with Crippen LogP contribution in [-0.2, 0) is 10.2 Å². The Bertz CT molecular complexity index is 934. The molecule has 0 spiro atoms. The third kappa shape index (κ3) is 2.47. The van der Waals surface area contributed by atoms with Crippen LogP contribution in [-0.4, -0.2) is 29.4 Å². The van der Waals surface area contributed by atoms with E-state index in [0.717, 1.165) is 28.9 Å². The van der Waals surface area contributed by atoms with Gasteiger partial charge in [0.15, 0.2) is 5.76 Å². The molecule has 2 aliphatic heterocycles. The summed E-state index contributed by atoms with van der Waals surface area (Å²) in [7, 11) is 2.06. The molecule has 128 valence electrons. The molecule has 0 atom stereocenters. The van der Waals surface area contributed by atoms with Crippen molar-refractivity contribution < 1.29 is 9.21 Å². The van der Waals surface area contributed by atoms with Crippen LogP contribution >= 0.6 is 0 Å². The van der Waals surface area contributed by atoms with Gasteiger partial charge in [-0.1, -0.05) is 18.2 Å². The summed E-state index contributed by atoms with van der Waals surface area (Å²) < 4.78 is 5.98. The molecule has 0 saturated carbocycles. The third-order valence-electron chi connectivity index (χ3n) is 5.10. The molecule has 0 unspecified atom stereocenters. The molecule has 0 bridgehead atoms. The summed E-state index contributed by atoms with van der Waals surface area (Å²) in [5, 5.41) is 2.95. The number of anilines is 1. The van der Waals surface area contributed by atoms with Gasteiger partial charge in [-0.3, -0.25) is 4.79 Å². The average molecular weight is 335 g/mol. The number of hydrogen-bond acceptors (Lipinski definition) is 4. The number of benzene rings is 1. The zero-order valence-electron chi connectivity index (χ0n) is 14.9. The number of carbonyl (C=O) groups is 1. The first-order valence-electron chi connectivity index (χ1n) is 8.38. The molecule has 3 heterocycles. The summed E-state index contributed by atoms with van der Waals surface area (Å²) in [5.74, 6) is 1.34. The van der Waals surface area contributed by atoms with Crippen molar-refractivity contribution in [2.24, 2.45) is 0 Å². The van der Waals surface area contributed by atoms with Crippen molar-refractivity contribution >= 4 is 17.2 Å². The predicted octanol–water partition coefficient (Wildman–Crippen LogP) is 3.80. The van der Waals surface area contributed by atoms with Crippen molar-refractivity contribution in [2.45, 2.75) is 26.2 Å². The second kappa shape index (κ2) is 5.34. The number of nitrogens with one attached hydrogen (secondary N) is 1. The largest absolute Gasteiger partial charge is 0.436 e. The third-order valence-corrected chi connectivity index (χ3v) is 5.10. The smallest absolute Gasteiger partial charge is 0.234 e. The molecule has 1 amide bonds. The first-order chi connectivity index (χ1) is 11.9. The first-order valence-corrected chi connectivity index (χ1v) is 8.38. The minimum atomic E-state index is -0.498. The molecule has 1 aromatic carbocycles. The summed E-state index contributed by atoms with van der Waals surface area (Å²) in [6, 6.07) is 5.93. The number of nitrogens with zero attached hydrogens (tertiary/aromatic N) is 2. The Labute approximate surface area is 147 Å². The predicted molar refractivity (Wildman–Crippen MR) is 98.0 cm³/mol. The van der Waals surface area contributed by atoms with Gasteiger partial charge in [0, 0.05) is 36.1 Å². The van der Waals surface area contributed by atoms with Gasteiger partial charge in [-0.2, -0.15) is 0 Å². The van der Waals surface area contributed by atoms with Gasteiger partial charge in [0.1, 0.15) is 0 Å². The Kier molecular flexibility index (Phi) is 3.35. The van der Waals surface area contributed by atoms with Crippen LogP contribution < -0.4 is 5.32 Å². The van der Waals surface area contributed by atoms with E-state index in [-0.39, 0.29) is 5.91 Å². The SMILES string of the molecule is CC1=CC(c2ncc(-c3ccc4c(c3)NC(=O)C4(C)C)o2)=CCN1C. The molecule has 25 heavy (non-hydrogen) atoms. The fourth-order valence-corrected chi connectivity index (χ4v) is 3.21. The van der Waals surface area contributed by atoms with Crippen LogP contribution in [0.2, 0.25) is 0 Å². The molecule has 2 aromatic rings. The zero-order chi connectivity index (χ0) is 17.8. The zero-order valence-corrected chi connectivity index (χ0v) is 14.9. The van der Waals surface area contributed by atoms with E-state index >= 15 is 0 Å². The highest BCUT2D eigenvalue weighted by Gasteiger charge is 2.38. The number of oxazole rings is 1. The normalized spacial score (nSPS) is 18.6. The average Bonchev–Trinajstić information content (AvgIpc) is 3.14. The fraction of sp³-hybridized carbons (Fsp3) is 0.300. The number of hydrogen-bond donors (Lipinski definition) is 1. The van der Waals surface area contributed by atoms with Gasteiger partial charge in [-0.15, -0.1) is 0 Å². The van der Waals surface area contributed by atoms with E-state index in [4.69, 9.17) is 4.42 Å². The van der Waals surface area contributed by atoms with Gasteiger partial charge in [0.25, 0.3) is 0 Å². The van der Waals surface area contributed by atoms with Gasteiger partial charge in [0.2, 0.25) is 11.8 Å². The van der Waals surface area contributed by atoms with Crippen LogP contribution in [0.15, 0.2) is 46.7 Å². The molecule has 0 fully saturated rings. The van der Waals surface area contributed by atoms with Gasteiger partial charge in [-0.05, 0) is 38.5 Å². The lowest BCUT2D eigenvalue weighted by atomic mass is 9.86. The Balaban J connectivity index is 1.66. The lowest BCUT2D eigenvalue weighted by Gasteiger charge is -2.22. The summed E-state index contributed by atoms with van der Waals surface area (Å²) in [6.07, 6.45) is 5.92. The maximum atomic E-state index is 12.1. The van der Waals surface area contributed by atoms with E-state index in [9.17, 15) is 4.79 Å². The van der Waals surface area contributed by atoms with Crippen LogP contribution in [0.4, 0.5) is 5.69 Å². The molecule has 4 rings (SSSR count). The number of amides is 1. The second-order valence-electron chi connectivity index (χ2n) is 7.19. The molecular weight excluding hydrogens is 314 g/mol. The molecule has 0 saturated heterocycles. The van der Waals surface area contributed by atoms with Crippen LogP contribution in [0.25, 0.3) is 16.9 Å². The van der Waals surface area contributed by atoms with E-state index in [0.29, 0.717) is 11.7 Å². The molecule has 5 heteroatoms. The highest BCUT2D eigenvalue weighted by Crippen LogP contribution is 2.39. The number of aromatic nitrogens is 1. The van der Waals surface area contributed by atoms with Gasteiger partial charge in [0.05, 0.1) is 11.6 Å². The van der Waals surface area contributed by atoms with E-state index < -0.39 is 5.41 Å². The maximum absolute atomic E-state index is 12.1. The van der Waals surface area contributed by atoms with E-state index in [1.807, 2.05) is 32.0 Å². The van der Waals surface area contributed by atoms with E-state index in [2.05, 4.69) is 41.3 Å². The summed E-state index contributed by atoms with van der Waals surface area (Å²) >= 11 is 0. The standard InChI is InChI=1S/C20H21N3O2/c1-12-9-14(7-8-23(12)4)18-21-11-17(25-18)13-5-6-15-16(10-13)22-19(24)20(15,2)3/h5-7,9-11H,8H2,1-4H3,(H,22,24). The van der Waals surface area contributed by atoms with Crippen molar-refractivity contribution in [3.05, 3.63) is 53.7 Å². The quantitative estimate of drug-likeness (QED) is 0.907. The van der Waals surface area contributed by atoms with Crippen LogP contribution in [0, 0.1) is 0 Å². The number of allylic oxidation sites excluding steroid dienone is 3. The number of fused-ring (bicyclic) bond motifs is 1. The highest BCUT2D eigenvalue weighted by molar-refractivity contribution is 6.06. The molecule has 1 aromatic heterocycles. The second-order valence-corrected chi connectivity index (χ2v) is 7.19. The summed E-state index contributed by atoms with van der Waals surface area (Å²) in [4.78, 5) is 18.7. The Hall–Kier alpha value is -2.82. The van der Waals surface area contributed by atoms with Crippen molar-refractivity contribution in [3.63, 3.8) is 0 Å². The topological polar surface area (TPSA) is 58.4 Å². The summed E-state index contributed by atoms with van der Waals surface area (Å²) in [6.45, 7) is 6.78. The van der Waals surface area contributed by atoms with Crippen LogP contribution in [0.5, 0.6) is 0 Å². The van der Waals surface area contributed by atoms with Gasteiger partial charge >= 0.3 is 0 Å². The van der Waals surface area contributed by atoms with Crippen molar-refractivity contribution in [3.8, 4) is 11.3 Å². The van der Waals surface area contributed by atoms with Gasteiger partial charge < -0.3 is 14.6 Å². The molecular formula is C20H21N3O2. The molecule has 0 radical (unpaired) electrons. The lowest BCUT2D eigenvalue weighted by molar-refractivity contribution is -0.119. The van der Waals surface area contributed by atoms with Crippen molar-refractivity contribution in [1.82, 2.24) is 9.88 Å². The van der Waals surface area contributed by atoms with E-state index in [1.54, 1.807) is 6.20 Å². The lowest BCUT2D eigenvalue weighted by Crippen LogP contribution is -2.26. The molecule has 2 aliphatic rings. The van der Waals surface area contributed by atoms with Crippen molar-refractivity contribution in [1.29, 1.82) is 0 Å². The minimum absolute atomic E-state index is 0.0232. The Morgan fingerprint density at radius 3 is 2.88 bits per heavy atom.